The summed E-state index contributed by atoms with van der Waals surface area (Å²) in [5, 5.41) is 34.1. The van der Waals surface area contributed by atoms with Crippen molar-refractivity contribution in [1.29, 1.82) is 0 Å². The zero-order valence-electron chi connectivity index (χ0n) is 18.9. The second kappa shape index (κ2) is 10.6. The van der Waals surface area contributed by atoms with Gasteiger partial charge in [0.1, 0.15) is 5.82 Å². The molecule has 1 heterocycles. The first-order valence-electron chi connectivity index (χ1n) is 12.1. The van der Waals surface area contributed by atoms with Crippen LogP contribution in [0.15, 0.2) is 30.3 Å². The number of halogens is 1. The maximum absolute atomic E-state index is 13.6. The minimum atomic E-state index is -1.12. The quantitative estimate of drug-likeness (QED) is 0.539. The van der Waals surface area contributed by atoms with Crippen LogP contribution in [0.25, 0.3) is 11.8 Å². The molecule has 2 aliphatic rings. The van der Waals surface area contributed by atoms with Crippen LogP contribution >= 0.6 is 0 Å². The predicted molar refractivity (Wildman–Crippen MR) is 124 cm³/mol. The Labute approximate surface area is 193 Å². The van der Waals surface area contributed by atoms with E-state index in [2.05, 4.69) is 0 Å². The number of benzene rings is 1. The molecule has 7 heteroatoms. The van der Waals surface area contributed by atoms with Crippen molar-refractivity contribution < 1.29 is 24.5 Å². The van der Waals surface area contributed by atoms with Crippen molar-refractivity contribution in [2.45, 2.75) is 82.3 Å². The van der Waals surface area contributed by atoms with E-state index in [0.29, 0.717) is 11.8 Å². The molecule has 1 saturated carbocycles. The number of carboxylic acid groups (broad SMARTS) is 1. The lowest BCUT2D eigenvalue weighted by Gasteiger charge is -2.32. The Morgan fingerprint density at radius 3 is 2.55 bits per heavy atom. The van der Waals surface area contributed by atoms with E-state index >= 15 is 0 Å². The van der Waals surface area contributed by atoms with Gasteiger partial charge < -0.3 is 15.3 Å². The third-order valence-electron chi connectivity index (χ3n) is 7.04. The number of aliphatic hydroxyl groups is 2. The van der Waals surface area contributed by atoms with E-state index in [4.69, 9.17) is 10.2 Å². The van der Waals surface area contributed by atoms with Crippen LogP contribution in [0.4, 0.5) is 4.39 Å². The highest BCUT2D eigenvalue weighted by Gasteiger charge is 2.33. The van der Waals surface area contributed by atoms with Crippen molar-refractivity contribution in [3.05, 3.63) is 53.1 Å². The average Bonchev–Trinajstić information content (AvgIpc) is 3.17. The molecule has 1 aromatic heterocycles. The summed E-state index contributed by atoms with van der Waals surface area (Å²) in [5.74, 6) is -0.347. The first-order chi connectivity index (χ1) is 15.9. The van der Waals surface area contributed by atoms with Gasteiger partial charge in [0.05, 0.1) is 35.7 Å². The first-order valence-corrected chi connectivity index (χ1v) is 12.1. The molecular weight excluding hydrogens is 423 g/mol. The van der Waals surface area contributed by atoms with Gasteiger partial charge in [0.25, 0.3) is 0 Å². The number of hydrogen-bond donors (Lipinski definition) is 3. The molecule has 2 aliphatic carbocycles. The molecule has 0 saturated heterocycles. The zero-order valence-corrected chi connectivity index (χ0v) is 18.9. The SMILES string of the molecule is O=C(O)C[C@@H](O)C[C@@H](O)/C=C/c1c2c(nn1-c1ccc(F)cc1)C(C1CCCCC1)CCC2. The van der Waals surface area contributed by atoms with E-state index < -0.39 is 24.6 Å². The van der Waals surface area contributed by atoms with Crippen LogP contribution in [0.3, 0.4) is 0 Å². The van der Waals surface area contributed by atoms with Gasteiger partial charge in [0, 0.05) is 17.9 Å². The summed E-state index contributed by atoms with van der Waals surface area (Å²) in [4.78, 5) is 10.8. The highest BCUT2D eigenvalue weighted by molar-refractivity contribution is 5.67. The van der Waals surface area contributed by atoms with Gasteiger partial charge in [-0.25, -0.2) is 9.07 Å². The maximum Gasteiger partial charge on any atom is 0.305 e. The topological polar surface area (TPSA) is 95.6 Å². The van der Waals surface area contributed by atoms with Gasteiger partial charge in [0.15, 0.2) is 0 Å². The van der Waals surface area contributed by atoms with Crippen LogP contribution in [0.2, 0.25) is 0 Å². The van der Waals surface area contributed by atoms with Crippen molar-refractivity contribution in [2.75, 3.05) is 0 Å². The van der Waals surface area contributed by atoms with Gasteiger partial charge in [-0.1, -0.05) is 25.3 Å². The number of rotatable bonds is 8. The Bertz CT molecular complexity index is 979. The number of hydrogen-bond acceptors (Lipinski definition) is 4. The number of carboxylic acids is 1. The third-order valence-corrected chi connectivity index (χ3v) is 7.04. The third kappa shape index (κ3) is 5.71. The van der Waals surface area contributed by atoms with Crippen LogP contribution in [-0.2, 0) is 11.2 Å². The van der Waals surface area contributed by atoms with Crippen LogP contribution in [0.1, 0.15) is 80.7 Å². The van der Waals surface area contributed by atoms with Gasteiger partial charge in [-0.2, -0.15) is 5.10 Å². The normalized spacial score (nSPS) is 21.1. The van der Waals surface area contributed by atoms with E-state index in [-0.39, 0.29) is 12.2 Å². The molecule has 4 rings (SSSR count). The summed E-state index contributed by atoms with van der Waals surface area (Å²) >= 11 is 0. The average molecular weight is 457 g/mol. The summed E-state index contributed by atoms with van der Waals surface area (Å²) in [7, 11) is 0. The Balaban J connectivity index is 1.66. The van der Waals surface area contributed by atoms with Gasteiger partial charge >= 0.3 is 5.97 Å². The molecule has 33 heavy (non-hydrogen) atoms. The predicted octanol–water partition coefficient (Wildman–Crippen LogP) is 4.61. The largest absolute Gasteiger partial charge is 0.481 e. The molecule has 1 aromatic carbocycles. The minimum Gasteiger partial charge on any atom is -0.481 e. The smallest absolute Gasteiger partial charge is 0.305 e. The molecule has 0 bridgehead atoms. The van der Waals surface area contributed by atoms with Crippen molar-refractivity contribution in [2.24, 2.45) is 5.92 Å². The molecule has 1 unspecified atom stereocenters. The van der Waals surface area contributed by atoms with Crippen LogP contribution in [-0.4, -0.2) is 43.3 Å². The monoisotopic (exact) mass is 456 g/mol. The standard InChI is InChI=1S/C26H33FN2O4/c27-18-9-11-19(12-10-18)29-24(14-13-20(30)15-21(31)16-25(32)33)23-8-4-7-22(26(23)28-29)17-5-2-1-3-6-17/h9-14,17,20-22,30-31H,1-8,15-16H2,(H,32,33)/b14-13+/t20-,21-,22?/m0/s1. The molecule has 1 fully saturated rings. The molecule has 178 valence electrons. The summed E-state index contributed by atoms with van der Waals surface area (Å²) < 4.78 is 15.4. The molecule has 0 radical (unpaired) electrons. The van der Waals surface area contributed by atoms with E-state index in [0.717, 1.165) is 36.3 Å². The minimum absolute atomic E-state index is 0.0552. The lowest BCUT2D eigenvalue weighted by Crippen LogP contribution is -2.21. The molecule has 3 atom stereocenters. The Kier molecular flexibility index (Phi) is 7.60. The van der Waals surface area contributed by atoms with Crippen molar-refractivity contribution in [3.63, 3.8) is 0 Å². The first kappa shape index (κ1) is 23.6. The second-order valence-electron chi connectivity index (χ2n) is 9.45. The van der Waals surface area contributed by atoms with E-state index in [9.17, 15) is 19.4 Å². The van der Waals surface area contributed by atoms with E-state index in [1.807, 2.05) is 10.8 Å². The molecule has 6 nitrogen and oxygen atoms in total. The Hall–Kier alpha value is -2.51. The summed E-state index contributed by atoms with van der Waals surface area (Å²) in [6, 6.07) is 6.24. The molecule has 3 N–H and O–H groups in total. The van der Waals surface area contributed by atoms with E-state index in [1.54, 1.807) is 18.2 Å². The zero-order chi connectivity index (χ0) is 23.4. The van der Waals surface area contributed by atoms with Crippen LogP contribution in [0, 0.1) is 11.7 Å². The van der Waals surface area contributed by atoms with Gasteiger partial charge in [-0.3, -0.25) is 4.79 Å². The van der Waals surface area contributed by atoms with Gasteiger partial charge in [-0.15, -0.1) is 0 Å². The van der Waals surface area contributed by atoms with Gasteiger partial charge in [-0.05, 0) is 68.4 Å². The summed E-state index contributed by atoms with van der Waals surface area (Å²) in [6.45, 7) is 0. The summed E-state index contributed by atoms with van der Waals surface area (Å²) in [5.41, 5.74) is 3.92. The lowest BCUT2D eigenvalue weighted by atomic mass is 9.73. The number of aliphatic carboxylic acids is 1. The Morgan fingerprint density at radius 2 is 1.85 bits per heavy atom. The van der Waals surface area contributed by atoms with E-state index in [1.165, 1.54) is 49.8 Å². The van der Waals surface area contributed by atoms with Crippen LogP contribution in [0.5, 0.6) is 0 Å². The fraction of sp³-hybridized carbons (Fsp3) is 0.538. The fourth-order valence-corrected chi connectivity index (χ4v) is 5.46. The van der Waals surface area contributed by atoms with Crippen LogP contribution < -0.4 is 0 Å². The van der Waals surface area contributed by atoms with Crippen molar-refractivity contribution in [3.8, 4) is 5.69 Å². The second-order valence-corrected chi connectivity index (χ2v) is 9.45. The maximum atomic E-state index is 13.6. The van der Waals surface area contributed by atoms with Crippen molar-refractivity contribution in [1.82, 2.24) is 9.78 Å². The fourth-order valence-electron chi connectivity index (χ4n) is 5.46. The Morgan fingerprint density at radius 1 is 1.12 bits per heavy atom. The highest BCUT2D eigenvalue weighted by atomic mass is 19.1. The molecule has 2 aromatic rings. The lowest BCUT2D eigenvalue weighted by molar-refractivity contribution is -0.139. The molecular formula is C26H33FN2O4. The number of fused-ring (bicyclic) bond motifs is 1. The molecule has 0 amide bonds. The number of aliphatic hydroxyl groups excluding tert-OH is 2. The number of aromatic nitrogens is 2. The van der Waals surface area contributed by atoms with Gasteiger partial charge in [0.2, 0.25) is 0 Å². The van der Waals surface area contributed by atoms with Crippen molar-refractivity contribution >= 4 is 12.0 Å². The highest BCUT2D eigenvalue weighted by Crippen LogP contribution is 2.44. The molecule has 0 aliphatic heterocycles. The number of carbonyl (C=O) groups is 1. The number of nitrogens with zero attached hydrogens (tertiary/aromatic N) is 2. The summed E-state index contributed by atoms with van der Waals surface area (Å²) in [6.07, 6.45) is 10.3. The molecule has 0 spiro atoms.